The molecule has 21 heavy (non-hydrogen) atoms. The number of nitro groups is 1. The summed E-state index contributed by atoms with van der Waals surface area (Å²) in [4.78, 5) is 30.4. The van der Waals surface area contributed by atoms with Crippen LogP contribution in [0.4, 0.5) is 11.5 Å². The summed E-state index contributed by atoms with van der Waals surface area (Å²) in [6.45, 7) is 3.03. The molecule has 0 atom stereocenters. The standard InChI is InChI=1S/C13H18N4O4/c1-15-6-3-7-16(9-8-15)12-11(17(19)20)5-4-10(14-12)13(18)21-2/h4-5H,3,6-9H2,1-2H3. The summed E-state index contributed by atoms with van der Waals surface area (Å²) in [6.07, 6.45) is 0.887. The zero-order valence-electron chi connectivity index (χ0n) is 12.1. The maximum atomic E-state index is 11.6. The first-order chi connectivity index (χ1) is 10.0. The molecule has 0 aliphatic carbocycles. The van der Waals surface area contributed by atoms with Crippen LogP contribution in [0.3, 0.4) is 0 Å². The van der Waals surface area contributed by atoms with Crippen molar-refractivity contribution < 1.29 is 14.5 Å². The van der Waals surface area contributed by atoms with E-state index in [0.717, 1.165) is 19.5 Å². The van der Waals surface area contributed by atoms with Crippen molar-refractivity contribution in [3.05, 3.63) is 27.9 Å². The number of aromatic nitrogens is 1. The average molecular weight is 294 g/mol. The van der Waals surface area contributed by atoms with Crippen molar-refractivity contribution in [1.82, 2.24) is 9.88 Å². The van der Waals surface area contributed by atoms with Crippen molar-refractivity contribution in [2.45, 2.75) is 6.42 Å². The SMILES string of the molecule is COC(=O)c1ccc([N+](=O)[O-])c(N2CCCN(C)CC2)n1. The number of ether oxygens (including phenoxy) is 1. The Balaban J connectivity index is 2.38. The maximum absolute atomic E-state index is 11.6. The average Bonchev–Trinajstić information content (AvgIpc) is 2.70. The molecule has 1 aromatic rings. The van der Waals surface area contributed by atoms with Gasteiger partial charge in [-0.25, -0.2) is 9.78 Å². The topological polar surface area (TPSA) is 88.8 Å². The Morgan fingerprint density at radius 2 is 2.10 bits per heavy atom. The second-order valence-electron chi connectivity index (χ2n) is 4.93. The highest BCUT2D eigenvalue weighted by atomic mass is 16.6. The molecule has 2 heterocycles. The second kappa shape index (κ2) is 6.49. The van der Waals surface area contributed by atoms with Crippen LogP contribution >= 0.6 is 0 Å². The van der Waals surface area contributed by atoms with Gasteiger partial charge in [-0.1, -0.05) is 0 Å². The third-order valence-electron chi connectivity index (χ3n) is 3.46. The first-order valence-corrected chi connectivity index (χ1v) is 6.70. The molecule has 0 amide bonds. The molecule has 1 aliphatic heterocycles. The second-order valence-corrected chi connectivity index (χ2v) is 4.93. The Labute approximate surface area is 122 Å². The molecular weight excluding hydrogens is 276 g/mol. The summed E-state index contributed by atoms with van der Waals surface area (Å²) in [5.74, 6) is -0.365. The molecule has 1 saturated heterocycles. The number of hydrogen-bond acceptors (Lipinski definition) is 7. The van der Waals surface area contributed by atoms with E-state index in [0.29, 0.717) is 13.1 Å². The Kier molecular flexibility index (Phi) is 4.69. The van der Waals surface area contributed by atoms with E-state index in [1.54, 1.807) is 0 Å². The lowest BCUT2D eigenvalue weighted by molar-refractivity contribution is -0.384. The fourth-order valence-corrected chi connectivity index (χ4v) is 2.29. The Morgan fingerprint density at radius 1 is 1.33 bits per heavy atom. The lowest BCUT2D eigenvalue weighted by atomic mass is 10.3. The first-order valence-electron chi connectivity index (χ1n) is 6.70. The molecule has 1 aliphatic rings. The first kappa shape index (κ1) is 15.2. The van der Waals surface area contributed by atoms with Crippen LogP contribution in [0.25, 0.3) is 0 Å². The summed E-state index contributed by atoms with van der Waals surface area (Å²) in [7, 11) is 3.27. The molecule has 0 unspecified atom stereocenters. The fraction of sp³-hybridized carbons (Fsp3) is 0.538. The summed E-state index contributed by atoms with van der Waals surface area (Å²) in [6, 6.07) is 2.63. The number of methoxy groups -OCH3 is 1. The van der Waals surface area contributed by atoms with Gasteiger partial charge in [-0.3, -0.25) is 10.1 Å². The van der Waals surface area contributed by atoms with Gasteiger partial charge >= 0.3 is 11.7 Å². The minimum Gasteiger partial charge on any atom is -0.464 e. The highest BCUT2D eigenvalue weighted by molar-refractivity contribution is 5.88. The molecule has 114 valence electrons. The number of likely N-dealkylation sites (N-methyl/N-ethyl adjacent to an activating group) is 1. The van der Waals surface area contributed by atoms with E-state index in [1.165, 1.54) is 19.2 Å². The third-order valence-corrected chi connectivity index (χ3v) is 3.46. The van der Waals surface area contributed by atoms with Crippen LogP contribution in [0.15, 0.2) is 12.1 Å². The molecule has 0 bridgehead atoms. The van der Waals surface area contributed by atoms with Gasteiger partial charge in [-0.2, -0.15) is 0 Å². The number of rotatable bonds is 3. The number of nitrogens with zero attached hydrogens (tertiary/aromatic N) is 4. The fourth-order valence-electron chi connectivity index (χ4n) is 2.29. The molecule has 8 heteroatoms. The summed E-state index contributed by atoms with van der Waals surface area (Å²) < 4.78 is 4.62. The minimum absolute atomic E-state index is 0.0794. The molecule has 0 radical (unpaired) electrons. The predicted octanol–water partition coefficient (Wildman–Crippen LogP) is 0.918. The normalized spacial score (nSPS) is 16.4. The summed E-state index contributed by atoms with van der Waals surface area (Å²) >= 11 is 0. The Hall–Kier alpha value is -2.22. The lowest BCUT2D eigenvalue weighted by Crippen LogP contribution is -2.30. The monoisotopic (exact) mass is 294 g/mol. The van der Waals surface area contributed by atoms with Gasteiger partial charge in [0.05, 0.1) is 12.0 Å². The van der Waals surface area contributed by atoms with Crippen molar-refractivity contribution >= 4 is 17.5 Å². The van der Waals surface area contributed by atoms with E-state index in [9.17, 15) is 14.9 Å². The van der Waals surface area contributed by atoms with Gasteiger partial charge in [0.2, 0.25) is 5.82 Å². The quantitative estimate of drug-likeness (QED) is 0.465. The highest BCUT2D eigenvalue weighted by Crippen LogP contribution is 2.27. The van der Waals surface area contributed by atoms with Crippen molar-refractivity contribution in [2.75, 3.05) is 45.2 Å². The van der Waals surface area contributed by atoms with Gasteiger partial charge in [0.15, 0.2) is 5.69 Å². The van der Waals surface area contributed by atoms with Crippen molar-refractivity contribution in [3.8, 4) is 0 Å². The van der Waals surface area contributed by atoms with Crippen LogP contribution in [-0.2, 0) is 4.74 Å². The van der Waals surface area contributed by atoms with Gasteiger partial charge in [-0.05, 0) is 26.1 Å². The number of carbonyl (C=O) groups is 1. The molecule has 0 N–H and O–H groups in total. The van der Waals surface area contributed by atoms with Crippen LogP contribution in [0.2, 0.25) is 0 Å². The minimum atomic E-state index is -0.599. The predicted molar refractivity (Wildman–Crippen MR) is 76.6 cm³/mol. The van der Waals surface area contributed by atoms with E-state index in [-0.39, 0.29) is 17.2 Å². The van der Waals surface area contributed by atoms with E-state index in [2.05, 4.69) is 14.6 Å². The van der Waals surface area contributed by atoms with E-state index < -0.39 is 10.9 Å². The zero-order valence-corrected chi connectivity index (χ0v) is 12.1. The molecule has 1 aromatic heterocycles. The molecule has 2 rings (SSSR count). The van der Waals surface area contributed by atoms with Crippen LogP contribution < -0.4 is 4.90 Å². The Bertz CT molecular complexity index is 549. The van der Waals surface area contributed by atoms with Crippen LogP contribution in [0.1, 0.15) is 16.9 Å². The molecule has 0 saturated carbocycles. The molecule has 8 nitrogen and oxygen atoms in total. The Morgan fingerprint density at radius 3 is 2.76 bits per heavy atom. The van der Waals surface area contributed by atoms with E-state index in [4.69, 9.17) is 0 Å². The smallest absolute Gasteiger partial charge is 0.356 e. The van der Waals surface area contributed by atoms with Gasteiger partial charge in [-0.15, -0.1) is 0 Å². The third kappa shape index (κ3) is 3.46. The highest BCUT2D eigenvalue weighted by Gasteiger charge is 2.25. The molecule has 0 spiro atoms. The van der Waals surface area contributed by atoms with Crippen LogP contribution in [-0.4, -0.2) is 61.1 Å². The number of pyridine rings is 1. The lowest BCUT2D eigenvalue weighted by Gasteiger charge is -2.21. The van der Waals surface area contributed by atoms with Gasteiger partial charge < -0.3 is 14.5 Å². The summed E-state index contributed by atoms with van der Waals surface area (Å²) in [5, 5.41) is 11.2. The van der Waals surface area contributed by atoms with Crippen molar-refractivity contribution in [1.29, 1.82) is 0 Å². The molecule has 1 fully saturated rings. The largest absolute Gasteiger partial charge is 0.464 e. The number of anilines is 1. The number of carbonyl (C=O) groups excluding carboxylic acids is 1. The van der Waals surface area contributed by atoms with E-state index >= 15 is 0 Å². The van der Waals surface area contributed by atoms with Gasteiger partial charge in [0, 0.05) is 25.7 Å². The van der Waals surface area contributed by atoms with E-state index in [1.807, 2.05) is 11.9 Å². The van der Waals surface area contributed by atoms with Crippen LogP contribution in [0.5, 0.6) is 0 Å². The number of esters is 1. The van der Waals surface area contributed by atoms with Gasteiger partial charge in [0.1, 0.15) is 0 Å². The zero-order chi connectivity index (χ0) is 15.4. The number of hydrogen-bond donors (Lipinski definition) is 0. The maximum Gasteiger partial charge on any atom is 0.356 e. The van der Waals surface area contributed by atoms with Crippen LogP contribution in [0, 0.1) is 10.1 Å². The van der Waals surface area contributed by atoms with Gasteiger partial charge in [0.25, 0.3) is 0 Å². The van der Waals surface area contributed by atoms with Crippen molar-refractivity contribution in [2.24, 2.45) is 0 Å². The molecule has 0 aromatic carbocycles. The van der Waals surface area contributed by atoms with Crippen molar-refractivity contribution in [3.63, 3.8) is 0 Å². The molecular formula is C13H18N4O4. The summed E-state index contributed by atoms with van der Waals surface area (Å²) in [5.41, 5.74) is -0.0112.